The first-order valence-electron chi connectivity index (χ1n) is 8.43. The molecule has 2 heterocycles. The average Bonchev–Trinajstić information content (AvgIpc) is 3.30. The molecule has 6 heteroatoms. The molecule has 1 N–H and O–H groups in total. The van der Waals surface area contributed by atoms with E-state index in [9.17, 15) is 5.26 Å². The van der Waals surface area contributed by atoms with Gasteiger partial charge in [0.1, 0.15) is 16.6 Å². The first kappa shape index (κ1) is 17.1. The van der Waals surface area contributed by atoms with Crippen molar-refractivity contribution in [3.8, 4) is 28.8 Å². The lowest BCUT2D eigenvalue weighted by Crippen LogP contribution is -1.93. The molecule has 0 saturated heterocycles. The molecule has 3 aromatic rings. The van der Waals surface area contributed by atoms with Crippen molar-refractivity contribution in [2.45, 2.75) is 13.8 Å². The number of allylic oxidation sites excluding steroid dienone is 1. The molecule has 0 unspecified atom stereocenters. The number of fused-ring (bicyclic) bond motifs is 1. The smallest absolute Gasteiger partial charge is 0.231 e. The monoisotopic (exact) mass is 375 g/mol. The maximum atomic E-state index is 9.55. The molecule has 0 atom stereocenters. The van der Waals surface area contributed by atoms with Gasteiger partial charge in [0.15, 0.2) is 11.5 Å². The van der Waals surface area contributed by atoms with Crippen LogP contribution in [0.1, 0.15) is 16.1 Å². The standard InChI is InChI=1S/C21H17N3O2S/c1-13-5-14(2)7-17(6-13)23-10-16(9-22)21-24-18(11-27-21)15-3-4-19-20(8-15)26-12-25-19/h3-8,10-11,23H,12H2,1-2H3. The number of thiazole rings is 1. The average molecular weight is 375 g/mol. The number of hydrogen-bond acceptors (Lipinski definition) is 6. The van der Waals surface area contributed by atoms with Gasteiger partial charge in [-0.1, -0.05) is 6.07 Å². The number of rotatable bonds is 4. The van der Waals surface area contributed by atoms with Crippen LogP contribution in [0, 0.1) is 25.2 Å². The second-order valence-corrected chi connectivity index (χ2v) is 7.15. The van der Waals surface area contributed by atoms with Crippen molar-refractivity contribution in [1.82, 2.24) is 4.98 Å². The highest BCUT2D eigenvalue weighted by molar-refractivity contribution is 7.11. The molecule has 0 radical (unpaired) electrons. The zero-order chi connectivity index (χ0) is 18.8. The van der Waals surface area contributed by atoms with Crippen molar-refractivity contribution in [2.75, 3.05) is 12.1 Å². The number of nitriles is 1. The fourth-order valence-electron chi connectivity index (χ4n) is 2.94. The van der Waals surface area contributed by atoms with Crippen LogP contribution in [0.2, 0.25) is 0 Å². The quantitative estimate of drug-likeness (QED) is 0.640. The van der Waals surface area contributed by atoms with Gasteiger partial charge in [-0.25, -0.2) is 4.98 Å². The molecular formula is C21H17N3O2S. The normalized spacial score (nSPS) is 12.7. The van der Waals surface area contributed by atoms with Crippen molar-refractivity contribution in [3.63, 3.8) is 0 Å². The number of nitrogens with one attached hydrogen (secondary N) is 1. The fraction of sp³-hybridized carbons (Fsp3) is 0.143. The summed E-state index contributed by atoms with van der Waals surface area (Å²) >= 11 is 1.44. The maximum Gasteiger partial charge on any atom is 0.231 e. The van der Waals surface area contributed by atoms with Crippen molar-refractivity contribution < 1.29 is 9.47 Å². The Morgan fingerprint density at radius 1 is 1.15 bits per heavy atom. The molecule has 0 aliphatic carbocycles. The number of nitrogens with zero attached hydrogens (tertiary/aromatic N) is 2. The summed E-state index contributed by atoms with van der Waals surface area (Å²) in [5, 5.41) is 15.4. The van der Waals surface area contributed by atoms with E-state index in [1.54, 1.807) is 6.20 Å². The van der Waals surface area contributed by atoms with E-state index in [1.165, 1.54) is 22.5 Å². The highest BCUT2D eigenvalue weighted by Gasteiger charge is 2.15. The predicted octanol–water partition coefficient (Wildman–Crippen LogP) is 5.13. The molecule has 134 valence electrons. The van der Waals surface area contributed by atoms with E-state index in [0.717, 1.165) is 28.4 Å². The van der Waals surface area contributed by atoms with Gasteiger partial charge in [-0.3, -0.25) is 0 Å². The van der Waals surface area contributed by atoms with Gasteiger partial charge in [0.05, 0.1) is 5.69 Å². The summed E-state index contributed by atoms with van der Waals surface area (Å²) in [6, 6.07) is 14.1. The van der Waals surface area contributed by atoms with E-state index < -0.39 is 0 Å². The van der Waals surface area contributed by atoms with Crippen molar-refractivity contribution >= 4 is 22.6 Å². The van der Waals surface area contributed by atoms with Crippen LogP contribution < -0.4 is 14.8 Å². The Morgan fingerprint density at radius 3 is 2.70 bits per heavy atom. The van der Waals surface area contributed by atoms with Crippen LogP contribution in [-0.4, -0.2) is 11.8 Å². The lowest BCUT2D eigenvalue weighted by atomic mass is 10.1. The van der Waals surface area contributed by atoms with Gasteiger partial charge >= 0.3 is 0 Å². The lowest BCUT2D eigenvalue weighted by molar-refractivity contribution is 0.174. The predicted molar refractivity (Wildman–Crippen MR) is 107 cm³/mol. The largest absolute Gasteiger partial charge is 0.454 e. The molecule has 0 amide bonds. The Kier molecular flexibility index (Phi) is 4.53. The SMILES string of the molecule is Cc1cc(C)cc(NC=C(C#N)c2nc(-c3ccc4c(c3)OCO4)cs2)c1. The highest BCUT2D eigenvalue weighted by Crippen LogP contribution is 2.36. The van der Waals surface area contributed by atoms with Crippen LogP contribution in [0.4, 0.5) is 5.69 Å². The third-order valence-electron chi connectivity index (χ3n) is 4.13. The minimum absolute atomic E-state index is 0.243. The molecule has 0 saturated carbocycles. The topological polar surface area (TPSA) is 67.2 Å². The summed E-state index contributed by atoms with van der Waals surface area (Å²) in [5.41, 5.74) is 5.52. The van der Waals surface area contributed by atoms with Gasteiger partial charge in [0.2, 0.25) is 6.79 Å². The summed E-state index contributed by atoms with van der Waals surface area (Å²) in [6.07, 6.45) is 1.70. The minimum Gasteiger partial charge on any atom is -0.454 e. The van der Waals surface area contributed by atoms with Crippen molar-refractivity contribution in [3.05, 3.63) is 64.1 Å². The number of benzene rings is 2. The van der Waals surface area contributed by atoms with E-state index in [2.05, 4.69) is 22.4 Å². The van der Waals surface area contributed by atoms with Gasteiger partial charge in [-0.15, -0.1) is 11.3 Å². The first-order valence-corrected chi connectivity index (χ1v) is 9.31. The molecule has 1 aliphatic rings. The zero-order valence-corrected chi connectivity index (χ0v) is 15.8. The Hall–Kier alpha value is -3.30. The van der Waals surface area contributed by atoms with E-state index >= 15 is 0 Å². The molecule has 0 fully saturated rings. The summed E-state index contributed by atoms with van der Waals surface area (Å²) in [5.74, 6) is 1.46. The van der Waals surface area contributed by atoms with Gasteiger partial charge in [-0.2, -0.15) is 5.26 Å². The van der Waals surface area contributed by atoms with Crippen LogP contribution >= 0.6 is 11.3 Å². The van der Waals surface area contributed by atoms with E-state index in [0.29, 0.717) is 10.6 Å². The van der Waals surface area contributed by atoms with Gasteiger partial charge in [0.25, 0.3) is 0 Å². The van der Waals surface area contributed by atoms with Crippen molar-refractivity contribution in [2.24, 2.45) is 0 Å². The zero-order valence-electron chi connectivity index (χ0n) is 14.9. The molecule has 27 heavy (non-hydrogen) atoms. The molecule has 1 aliphatic heterocycles. The number of aryl methyl sites for hydroxylation is 2. The Morgan fingerprint density at radius 2 is 1.93 bits per heavy atom. The highest BCUT2D eigenvalue weighted by atomic mass is 32.1. The second kappa shape index (κ2) is 7.14. The van der Waals surface area contributed by atoms with Crippen LogP contribution in [0.25, 0.3) is 16.8 Å². The summed E-state index contributed by atoms with van der Waals surface area (Å²) in [4.78, 5) is 4.62. The van der Waals surface area contributed by atoms with Crippen LogP contribution in [0.15, 0.2) is 48.0 Å². The number of anilines is 1. The molecule has 4 rings (SSSR count). The molecule has 5 nitrogen and oxygen atoms in total. The van der Waals surface area contributed by atoms with Crippen LogP contribution in [-0.2, 0) is 0 Å². The minimum atomic E-state index is 0.243. The van der Waals surface area contributed by atoms with E-state index in [-0.39, 0.29) is 6.79 Å². The van der Waals surface area contributed by atoms with E-state index in [1.807, 2.05) is 49.6 Å². The van der Waals surface area contributed by atoms with E-state index in [4.69, 9.17) is 9.47 Å². The number of ether oxygens (including phenoxy) is 2. The van der Waals surface area contributed by atoms with Crippen LogP contribution in [0.5, 0.6) is 11.5 Å². The summed E-state index contributed by atoms with van der Waals surface area (Å²) < 4.78 is 10.8. The molecule has 0 bridgehead atoms. The van der Waals surface area contributed by atoms with Gasteiger partial charge < -0.3 is 14.8 Å². The Labute approximate surface area is 161 Å². The Balaban J connectivity index is 1.58. The second-order valence-electron chi connectivity index (χ2n) is 6.30. The lowest BCUT2D eigenvalue weighted by Gasteiger charge is -2.05. The summed E-state index contributed by atoms with van der Waals surface area (Å²) in [6.45, 7) is 4.34. The number of hydrogen-bond donors (Lipinski definition) is 1. The Bertz CT molecular complexity index is 1060. The first-order chi connectivity index (χ1) is 13.1. The third-order valence-corrected chi connectivity index (χ3v) is 5.00. The third kappa shape index (κ3) is 3.64. The summed E-state index contributed by atoms with van der Waals surface area (Å²) in [7, 11) is 0. The van der Waals surface area contributed by atoms with Crippen molar-refractivity contribution in [1.29, 1.82) is 5.26 Å². The fourth-order valence-corrected chi connectivity index (χ4v) is 3.74. The molecule has 1 aromatic heterocycles. The molecule has 0 spiro atoms. The molecular weight excluding hydrogens is 358 g/mol. The molecule has 2 aromatic carbocycles. The van der Waals surface area contributed by atoms with Crippen LogP contribution in [0.3, 0.4) is 0 Å². The van der Waals surface area contributed by atoms with Gasteiger partial charge in [-0.05, 0) is 55.3 Å². The van der Waals surface area contributed by atoms with Gasteiger partial charge in [0, 0.05) is 22.8 Å². The number of aromatic nitrogens is 1. The maximum absolute atomic E-state index is 9.55.